The van der Waals surface area contributed by atoms with E-state index >= 15 is 0 Å². The molecule has 0 spiro atoms. The molecule has 0 fully saturated rings. The Hall–Kier alpha value is -1.65. The highest BCUT2D eigenvalue weighted by Crippen LogP contribution is 2.44. The molecule has 126 valence electrons. The topological polar surface area (TPSA) is 38.3 Å². The highest BCUT2D eigenvalue weighted by atomic mass is 19.3. The summed E-state index contributed by atoms with van der Waals surface area (Å²) in [5.41, 5.74) is 3.29. The molecule has 1 aliphatic heterocycles. The van der Waals surface area contributed by atoms with Gasteiger partial charge in [-0.25, -0.2) is 0 Å². The number of benzene rings is 1. The Balaban J connectivity index is 2.10. The van der Waals surface area contributed by atoms with Crippen LogP contribution in [-0.2, 0) is 12.8 Å². The average molecular weight is 323 g/mol. The summed E-state index contributed by atoms with van der Waals surface area (Å²) in [5.74, 6) is 0.421. The maximum Gasteiger partial charge on any atom is 0.387 e. The third-order valence-corrected chi connectivity index (χ3v) is 5.04. The molecule has 0 amide bonds. The molecule has 0 saturated heterocycles. The van der Waals surface area contributed by atoms with Crippen molar-refractivity contribution < 1.29 is 18.3 Å². The number of halogens is 2. The van der Waals surface area contributed by atoms with E-state index in [0.29, 0.717) is 17.7 Å². The zero-order valence-corrected chi connectivity index (χ0v) is 13.8. The lowest BCUT2D eigenvalue weighted by molar-refractivity contribution is -0.0495. The van der Waals surface area contributed by atoms with Crippen LogP contribution in [0.1, 0.15) is 55.1 Å². The van der Waals surface area contributed by atoms with Crippen LogP contribution >= 0.6 is 0 Å². The van der Waals surface area contributed by atoms with E-state index in [1.165, 1.54) is 6.07 Å². The molecule has 1 N–H and O–H groups in total. The minimum absolute atomic E-state index is 0.0404. The summed E-state index contributed by atoms with van der Waals surface area (Å²) >= 11 is 0. The second-order valence-electron chi connectivity index (χ2n) is 7.56. The number of alkyl halides is 2. The molecule has 1 unspecified atom stereocenters. The minimum Gasteiger partial charge on any atom is -0.433 e. The summed E-state index contributed by atoms with van der Waals surface area (Å²) in [6.07, 6.45) is 3.03. The Labute approximate surface area is 135 Å². The first kappa shape index (κ1) is 16.2. The molecule has 1 heterocycles. The van der Waals surface area contributed by atoms with Crippen molar-refractivity contribution in [3.8, 4) is 5.75 Å². The van der Waals surface area contributed by atoms with Gasteiger partial charge in [0, 0.05) is 18.5 Å². The number of rotatable bonds is 2. The van der Waals surface area contributed by atoms with Crippen LogP contribution in [0.15, 0.2) is 6.07 Å². The van der Waals surface area contributed by atoms with E-state index in [2.05, 4.69) is 30.8 Å². The Morgan fingerprint density at radius 3 is 2.65 bits per heavy atom. The molecule has 3 nitrogen and oxygen atoms in total. The Morgan fingerprint density at radius 1 is 1.26 bits per heavy atom. The fourth-order valence-electron chi connectivity index (χ4n) is 3.64. The monoisotopic (exact) mass is 323 g/mol. The average Bonchev–Trinajstić information content (AvgIpc) is 2.46. The van der Waals surface area contributed by atoms with Gasteiger partial charge in [-0.15, -0.1) is 0 Å². The van der Waals surface area contributed by atoms with Crippen molar-refractivity contribution in [2.24, 2.45) is 11.3 Å². The third-order valence-electron chi connectivity index (χ3n) is 5.04. The van der Waals surface area contributed by atoms with Crippen molar-refractivity contribution in [1.82, 2.24) is 0 Å². The maximum atomic E-state index is 12.7. The van der Waals surface area contributed by atoms with Gasteiger partial charge in [0.05, 0.1) is 5.69 Å². The molecule has 23 heavy (non-hydrogen) atoms. The number of carbonyl (C=O) groups is 1. The number of Topliss-reactive ketones (excluding diaryl/α,β-unsaturated/α-hetero) is 1. The van der Waals surface area contributed by atoms with Crippen LogP contribution in [0.4, 0.5) is 14.5 Å². The van der Waals surface area contributed by atoms with Crippen LogP contribution in [0.3, 0.4) is 0 Å². The van der Waals surface area contributed by atoms with E-state index in [4.69, 9.17) is 0 Å². The van der Waals surface area contributed by atoms with Crippen LogP contribution in [0.5, 0.6) is 5.75 Å². The van der Waals surface area contributed by atoms with Gasteiger partial charge in [-0.05, 0) is 47.8 Å². The largest absolute Gasteiger partial charge is 0.433 e. The highest BCUT2D eigenvalue weighted by molar-refractivity contribution is 6.00. The van der Waals surface area contributed by atoms with Crippen LogP contribution in [0.25, 0.3) is 0 Å². The molecule has 0 aromatic heterocycles. The molecule has 3 rings (SSSR count). The third kappa shape index (κ3) is 3.06. The normalized spacial score (nSPS) is 20.8. The van der Waals surface area contributed by atoms with Gasteiger partial charge in [-0.3, -0.25) is 4.79 Å². The predicted molar refractivity (Wildman–Crippen MR) is 85.5 cm³/mol. The molecule has 1 atom stereocenters. The van der Waals surface area contributed by atoms with Gasteiger partial charge in [0.25, 0.3) is 0 Å². The summed E-state index contributed by atoms with van der Waals surface area (Å²) in [6, 6.07) is 1.51. The summed E-state index contributed by atoms with van der Waals surface area (Å²) in [7, 11) is 0. The van der Waals surface area contributed by atoms with Gasteiger partial charge in [0.2, 0.25) is 0 Å². The predicted octanol–water partition coefficient (Wildman–Crippen LogP) is 4.44. The van der Waals surface area contributed by atoms with Crippen LogP contribution in [0.2, 0.25) is 0 Å². The van der Waals surface area contributed by atoms with Crippen LogP contribution < -0.4 is 10.1 Å². The number of carbonyl (C=O) groups excluding carboxylic acids is 1. The van der Waals surface area contributed by atoms with Crippen molar-refractivity contribution in [3.63, 3.8) is 0 Å². The van der Waals surface area contributed by atoms with E-state index < -0.39 is 6.61 Å². The van der Waals surface area contributed by atoms with Crippen molar-refractivity contribution >= 4 is 11.5 Å². The standard InChI is InChI=1S/C18H23F2NO2/c1-18(2,3)10-7-12-11-5-4-6-21-16(11)15(23-17(19)20)9-13(12)14(22)8-10/h9-10,17,21H,4-8H2,1-3H3. The molecule has 2 aliphatic rings. The quantitative estimate of drug-likeness (QED) is 0.874. The minimum atomic E-state index is -2.89. The van der Waals surface area contributed by atoms with Crippen molar-refractivity contribution in [2.45, 2.75) is 53.1 Å². The van der Waals surface area contributed by atoms with Gasteiger partial charge < -0.3 is 10.1 Å². The molecular weight excluding hydrogens is 300 g/mol. The second-order valence-corrected chi connectivity index (χ2v) is 7.56. The van der Waals surface area contributed by atoms with Gasteiger partial charge >= 0.3 is 6.61 Å². The zero-order chi connectivity index (χ0) is 16.8. The molecule has 1 aromatic rings. The van der Waals surface area contributed by atoms with E-state index in [1.807, 2.05) is 0 Å². The summed E-state index contributed by atoms with van der Waals surface area (Å²) in [5, 5.41) is 3.19. The molecule has 0 saturated carbocycles. The zero-order valence-electron chi connectivity index (χ0n) is 13.8. The molecular formula is C18H23F2NO2. The van der Waals surface area contributed by atoms with Crippen molar-refractivity contribution in [1.29, 1.82) is 0 Å². The second kappa shape index (κ2) is 5.77. The number of ether oxygens (including phenoxy) is 1. The molecule has 0 radical (unpaired) electrons. The highest BCUT2D eigenvalue weighted by Gasteiger charge is 2.36. The number of anilines is 1. The van der Waals surface area contributed by atoms with E-state index in [0.717, 1.165) is 36.9 Å². The van der Waals surface area contributed by atoms with Crippen LogP contribution in [-0.4, -0.2) is 18.9 Å². The lowest BCUT2D eigenvalue weighted by Gasteiger charge is -2.36. The molecule has 5 heteroatoms. The van der Waals surface area contributed by atoms with Crippen molar-refractivity contribution in [2.75, 3.05) is 11.9 Å². The van der Waals surface area contributed by atoms with E-state index in [1.54, 1.807) is 0 Å². The lowest BCUT2D eigenvalue weighted by Crippen LogP contribution is -2.32. The number of fused-ring (bicyclic) bond motifs is 3. The lowest BCUT2D eigenvalue weighted by atomic mass is 9.69. The molecule has 0 bridgehead atoms. The van der Waals surface area contributed by atoms with Gasteiger partial charge in [0.15, 0.2) is 5.78 Å². The number of ketones is 1. The SMILES string of the molecule is CC(C)(C)C1CC(=O)c2cc(OC(F)F)c3c(c2C1)CCCN3. The van der Waals surface area contributed by atoms with Crippen molar-refractivity contribution in [3.05, 3.63) is 22.8 Å². The summed E-state index contributed by atoms with van der Waals surface area (Å²) in [6.45, 7) is 4.29. The summed E-state index contributed by atoms with van der Waals surface area (Å²) in [4.78, 5) is 12.6. The molecule has 1 aliphatic carbocycles. The first-order valence-electron chi connectivity index (χ1n) is 8.18. The number of hydrogen-bond donors (Lipinski definition) is 1. The Kier molecular flexibility index (Phi) is 4.07. The van der Waals surface area contributed by atoms with E-state index in [9.17, 15) is 13.6 Å². The van der Waals surface area contributed by atoms with Crippen LogP contribution in [0, 0.1) is 11.3 Å². The Morgan fingerprint density at radius 2 is 2.00 bits per heavy atom. The molecule has 1 aromatic carbocycles. The number of hydrogen-bond acceptors (Lipinski definition) is 3. The maximum absolute atomic E-state index is 12.7. The first-order valence-corrected chi connectivity index (χ1v) is 8.18. The smallest absolute Gasteiger partial charge is 0.387 e. The number of nitrogens with one attached hydrogen (secondary N) is 1. The van der Waals surface area contributed by atoms with E-state index in [-0.39, 0.29) is 22.9 Å². The van der Waals surface area contributed by atoms with Gasteiger partial charge in [0.1, 0.15) is 5.75 Å². The Bertz CT molecular complexity index is 635. The van der Waals surface area contributed by atoms with Gasteiger partial charge in [-0.2, -0.15) is 8.78 Å². The summed E-state index contributed by atoms with van der Waals surface area (Å²) < 4.78 is 30.1. The van der Waals surface area contributed by atoms with Gasteiger partial charge in [-0.1, -0.05) is 20.8 Å². The fraction of sp³-hybridized carbons (Fsp3) is 0.611. The first-order chi connectivity index (χ1) is 10.8. The fourth-order valence-corrected chi connectivity index (χ4v) is 3.64.